The number of nitrogens with one attached hydrogen (secondary N) is 1. The summed E-state index contributed by atoms with van der Waals surface area (Å²) in [6, 6.07) is 1.84. The lowest BCUT2D eigenvalue weighted by molar-refractivity contribution is -0.140. The molecule has 0 bridgehead atoms. The lowest BCUT2D eigenvalue weighted by Gasteiger charge is -2.19. The molecule has 0 saturated carbocycles. The number of likely N-dealkylation sites (N-methyl/N-ethyl adjacent to an activating group) is 1. The highest BCUT2D eigenvalue weighted by Gasteiger charge is 2.30. The van der Waals surface area contributed by atoms with Gasteiger partial charge in [-0.3, -0.25) is 9.59 Å². The highest BCUT2D eigenvalue weighted by atomic mass is 32.2. The van der Waals surface area contributed by atoms with Crippen LogP contribution in [0.15, 0.2) is 16.3 Å². The molecule has 0 aliphatic rings. The van der Waals surface area contributed by atoms with Crippen molar-refractivity contribution in [2.24, 2.45) is 0 Å². The molecule has 0 aromatic carbocycles. The first-order valence-electron chi connectivity index (χ1n) is 5.70. The van der Waals surface area contributed by atoms with E-state index in [-0.39, 0.29) is 16.7 Å². The van der Waals surface area contributed by atoms with E-state index in [4.69, 9.17) is 5.11 Å². The van der Waals surface area contributed by atoms with Gasteiger partial charge in [0.05, 0.1) is 6.54 Å². The van der Waals surface area contributed by atoms with Crippen molar-refractivity contribution in [1.82, 2.24) is 9.62 Å². The molecule has 0 spiro atoms. The molecule has 1 heterocycles. The minimum atomic E-state index is -3.84. The Balaban J connectivity index is 2.93. The summed E-state index contributed by atoms with van der Waals surface area (Å²) in [4.78, 5) is 22.3. The zero-order chi connectivity index (χ0) is 15.5. The fourth-order valence-corrected chi connectivity index (χ4v) is 4.11. The van der Waals surface area contributed by atoms with Crippen LogP contribution >= 0.6 is 11.3 Å². The quantitative estimate of drug-likeness (QED) is 0.793. The summed E-state index contributed by atoms with van der Waals surface area (Å²) >= 11 is 1.00. The highest BCUT2D eigenvalue weighted by Crippen LogP contribution is 2.25. The number of amides is 1. The molecule has 1 aromatic rings. The Labute approximate surface area is 121 Å². The standard InChI is InChI=1S/C11H16N2O5S2/c1-7(11(15)16)13(3)20(17,18)10-5-4-9(19-10)6-12-8(2)14/h4-5,7H,6H2,1-3H3,(H,12,14)(H,15,16). The molecule has 9 heteroatoms. The second-order valence-corrected chi connectivity index (χ2v) is 7.56. The van der Waals surface area contributed by atoms with Crippen LogP contribution in [-0.4, -0.2) is 42.8 Å². The van der Waals surface area contributed by atoms with Gasteiger partial charge in [-0.05, 0) is 19.1 Å². The van der Waals surface area contributed by atoms with Crippen molar-refractivity contribution in [3.8, 4) is 0 Å². The minimum Gasteiger partial charge on any atom is -0.480 e. The molecule has 0 saturated heterocycles. The molecule has 7 nitrogen and oxygen atoms in total. The lowest BCUT2D eigenvalue weighted by Crippen LogP contribution is -2.39. The van der Waals surface area contributed by atoms with Crippen LogP contribution in [0.3, 0.4) is 0 Å². The fourth-order valence-electron chi connectivity index (χ4n) is 1.31. The molecule has 0 aliphatic heterocycles. The van der Waals surface area contributed by atoms with E-state index < -0.39 is 22.0 Å². The Bertz CT molecular complexity index is 608. The maximum absolute atomic E-state index is 12.2. The SMILES string of the molecule is CC(=O)NCc1ccc(S(=O)(=O)N(C)C(C)C(=O)O)s1. The number of hydrogen-bond donors (Lipinski definition) is 2. The number of sulfonamides is 1. The van der Waals surface area contributed by atoms with Gasteiger partial charge < -0.3 is 10.4 Å². The summed E-state index contributed by atoms with van der Waals surface area (Å²) in [5, 5.41) is 11.4. The Morgan fingerprint density at radius 2 is 2.05 bits per heavy atom. The summed E-state index contributed by atoms with van der Waals surface area (Å²) in [5.41, 5.74) is 0. The predicted molar refractivity (Wildman–Crippen MR) is 73.9 cm³/mol. The van der Waals surface area contributed by atoms with E-state index in [0.29, 0.717) is 4.88 Å². The van der Waals surface area contributed by atoms with Crippen molar-refractivity contribution in [2.75, 3.05) is 7.05 Å². The van der Waals surface area contributed by atoms with Crippen molar-refractivity contribution in [1.29, 1.82) is 0 Å². The third-order valence-electron chi connectivity index (χ3n) is 2.68. The zero-order valence-corrected chi connectivity index (χ0v) is 12.9. The van der Waals surface area contributed by atoms with Crippen molar-refractivity contribution in [2.45, 2.75) is 30.6 Å². The monoisotopic (exact) mass is 320 g/mol. The van der Waals surface area contributed by atoms with Crippen LogP contribution in [0.5, 0.6) is 0 Å². The van der Waals surface area contributed by atoms with E-state index in [2.05, 4.69) is 5.32 Å². The van der Waals surface area contributed by atoms with Gasteiger partial charge in [-0.15, -0.1) is 11.3 Å². The highest BCUT2D eigenvalue weighted by molar-refractivity contribution is 7.91. The van der Waals surface area contributed by atoms with Crippen LogP contribution in [0.2, 0.25) is 0 Å². The summed E-state index contributed by atoms with van der Waals surface area (Å²) < 4.78 is 25.3. The van der Waals surface area contributed by atoms with Gasteiger partial charge in [0.2, 0.25) is 5.91 Å². The van der Waals surface area contributed by atoms with Gasteiger partial charge >= 0.3 is 5.97 Å². The average molecular weight is 320 g/mol. The molecule has 2 N–H and O–H groups in total. The number of carbonyl (C=O) groups is 2. The van der Waals surface area contributed by atoms with Gasteiger partial charge in [-0.2, -0.15) is 4.31 Å². The van der Waals surface area contributed by atoms with Crippen LogP contribution in [0.4, 0.5) is 0 Å². The van der Waals surface area contributed by atoms with Crippen LogP contribution < -0.4 is 5.32 Å². The Morgan fingerprint density at radius 3 is 2.55 bits per heavy atom. The van der Waals surface area contributed by atoms with E-state index in [1.807, 2.05) is 0 Å². The average Bonchev–Trinajstić information content (AvgIpc) is 2.83. The van der Waals surface area contributed by atoms with E-state index >= 15 is 0 Å². The second kappa shape index (κ2) is 6.33. The van der Waals surface area contributed by atoms with Gasteiger partial charge in [0.25, 0.3) is 10.0 Å². The number of carboxylic acids is 1. The molecule has 1 rings (SSSR count). The molecular weight excluding hydrogens is 304 g/mol. The Morgan fingerprint density at radius 1 is 1.45 bits per heavy atom. The second-order valence-electron chi connectivity index (χ2n) is 4.17. The fraction of sp³-hybridized carbons (Fsp3) is 0.455. The third-order valence-corrected chi connectivity index (χ3v) is 6.17. The molecular formula is C11H16N2O5S2. The largest absolute Gasteiger partial charge is 0.480 e. The van der Waals surface area contributed by atoms with E-state index in [9.17, 15) is 18.0 Å². The lowest BCUT2D eigenvalue weighted by atomic mass is 10.4. The topological polar surface area (TPSA) is 104 Å². The van der Waals surface area contributed by atoms with Crippen molar-refractivity contribution >= 4 is 33.2 Å². The van der Waals surface area contributed by atoms with Crippen LogP contribution in [0.1, 0.15) is 18.7 Å². The summed E-state index contributed by atoms with van der Waals surface area (Å²) in [6.07, 6.45) is 0. The number of rotatable bonds is 6. The number of thiophene rings is 1. The van der Waals surface area contributed by atoms with Gasteiger partial charge in [0.15, 0.2) is 0 Å². The molecule has 1 aromatic heterocycles. The van der Waals surface area contributed by atoms with Gasteiger partial charge in [0, 0.05) is 18.8 Å². The van der Waals surface area contributed by atoms with E-state index in [1.54, 1.807) is 6.07 Å². The molecule has 112 valence electrons. The first kappa shape index (κ1) is 16.6. The number of aliphatic carboxylic acids is 1. The molecule has 0 aliphatic carbocycles. The molecule has 1 amide bonds. The van der Waals surface area contributed by atoms with Crippen LogP contribution in [0, 0.1) is 0 Å². The van der Waals surface area contributed by atoms with Crippen molar-refractivity contribution in [3.05, 3.63) is 17.0 Å². The van der Waals surface area contributed by atoms with Crippen LogP contribution in [-0.2, 0) is 26.2 Å². The van der Waals surface area contributed by atoms with Crippen LogP contribution in [0.25, 0.3) is 0 Å². The number of carbonyl (C=O) groups excluding carboxylic acids is 1. The zero-order valence-electron chi connectivity index (χ0n) is 11.3. The smallest absolute Gasteiger partial charge is 0.321 e. The number of carboxylic acid groups (broad SMARTS) is 1. The summed E-state index contributed by atoms with van der Waals surface area (Å²) in [5.74, 6) is -1.43. The van der Waals surface area contributed by atoms with E-state index in [0.717, 1.165) is 15.6 Å². The normalized spacial score (nSPS) is 13.2. The summed E-state index contributed by atoms with van der Waals surface area (Å²) in [6.45, 7) is 2.91. The summed E-state index contributed by atoms with van der Waals surface area (Å²) in [7, 11) is -2.62. The maximum atomic E-state index is 12.2. The van der Waals surface area contributed by atoms with Crippen molar-refractivity contribution < 1.29 is 23.1 Å². The van der Waals surface area contributed by atoms with Gasteiger partial charge in [-0.25, -0.2) is 8.42 Å². The maximum Gasteiger partial charge on any atom is 0.321 e. The molecule has 0 fully saturated rings. The Kier molecular flexibility index (Phi) is 5.26. The van der Waals surface area contributed by atoms with Gasteiger partial charge in [-0.1, -0.05) is 0 Å². The molecule has 0 radical (unpaired) electrons. The molecule has 1 unspecified atom stereocenters. The third kappa shape index (κ3) is 3.78. The minimum absolute atomic E-state index is 0.0495. The Hall–Kier alpha value is -1.45. The van der Waals surface area contributed by atoms with E-state index in [1.165, 1.54) is 27.0 Å². The number of nitrogens with zero attached hydrogens (tertiary/aromatic N) is 1. The first-order chi connectivity index (χ1) is 9.16. The van der Waals surface area contributed by atoms with Gasteiger partial charge in [0.1, 0.15) is 10.3 Å². The molecule has 20 heavy (non-hydrogen) atoms. The molecule has 1 atom stereocenters. The number of hydrogen-bond acceptors (Lipinski definition) is 5. The predicted octanol–water partition coefficient (Wildman–Crippen LogP) is 0.478. The van der Waals surface area contributed by atoms with Crippen molar-refractivity contribution in [3.63, 3.8) is 0 Å². The first-order valence-corrected chi connectivity index (χ1v) is 7.96.